The molecule has 0 rings (SSSR count). The van der Waals surface area contributed by atoms with Gasteiger partial charge >= 0.3 is 11.9 Å². The highest BCUT2D eigenvalue weighted by Gasteiger charge is 2.32. The Hall–Kier alpha value is -1.39. The third kappa shape index (κ3) is 8.35. The Morgan fingerprint density at radius 1 is 1.32 bits per heavy atom. The number of nitrogens with zero attached hydrogens (tertiary/aromatic N) is 1. The largest absolute Gasteiger partial charge is 0.617 e. The van der Waals surface area contributed by atoms with E-state index in [9.17, 15) is 14.5 Å². The zero-order valence-electron chi connectivity index (χ0n) is 12.3. The van der Waals surface area contributed by atoms with Crippen molar-refractivity contribution in [3.8, 4) is 0 Å². The van der Waals surface area contributed by atoms with Gasteiger partial charge in [-0.3, -0.25) is 4.79 Å². The molecule has 0 aliphatic heterocycles. The number of nitroso groups, excluding NO2 is 1. The number of carbonyl (C=O) groups excluding carboxylic acids is 2. The molecular formula is C14H25NO4+2. The lowest BCUT2D eigenvalue weighted by Crippen LogP contribution is -2.25. The van der Waals surface area contributed by atoms with Gasteiger partial charge in [0.25, 0.3) is 0 Å². The Kier molecular flexibility index (Phi) is 8.83. The molecule has 0 saturated carbocycles. The second kappa shape index (κ2) is 9.53. The molecule has 0 aromatic carbocycles. The van der Waals surface area contributed by atoms with Gasteiger partial charge in [-0.2, -0.15) is 4.79 Å². The van der Waals surface area contributed by atoms with Crippen molar-refractivity contribution < 1.29 is 19.1 Å². The molecule has 0 fully saturated rings. The molecule has 0 aromatic rings. The van der Waals surface area contributed by atoms with Crippen molar-refractivity contribution in [1.29, 1.82) is 0 Å². The molecule has 0 bridgehead atoms. The first-order valence-corrected chi connectivity index (χ1v) is 6.83. The highest BCUT2D eigenvalue weighted by molar-refractivity contribution is 5.76. The summed E-state index contributed by atoms with van der Waals surface area (Å²) in [4.78, 5) is 33.1. The van der Waals surface area contributed by atoms with Gasteiger partial charge in [0.2, 0.25) is 6.42 Å². The van der Waals surface area contributed by atoms with E-state index in [1.54, 1.807) is 0 Å². The lowest BCUT2D eigenvalue weighted by atomic mass is 9.91. The lowest BCUT2D eigenvalue weighted by molar-refractivity contribution is -0.435. The minimum Gasteiger partial charge on any atom is -0.462 e. The monoisotopic (exact) mass is 271 g/mol. The van der Waals surface area contributed by atoms with Gasteiger partial charge in [0.05, 0.1) is 0 Å². The van der Waals surface area contributed by atoms with Gasteiger partial charge in [0, 0.05) is 17.7 Å². The Morgan fingerprint density at radius 3 is 2.42 bits per heavy atom. The van der Waals surface area contributed by atoms with E-state index in [0.29, 0.717) is 11.2 Å². The summed E-state index contributed by atoms with van der Waals surface area (Å²) in [5, 5.41) is 0. The van der Waals surface area contributed by atoms with Crippen LogP contribution in [0.25, 0.3) is 0 Å². The molecule has 1 amide bonds. The van der Waals surface area contributed by atoms with Crippen LogP contribution in [0.1, 0.15) is 52.9 Å². The number of carbonyl (C=O) groups is 2. The predicted molar refractivity (Wildman–Crippen MR) is 72.3 cm³/mol. The molecule has 2 atom stereocenters. The fourth-order valence-corrected chi connectivity index (χ4v) is 1.94. The van der Waals surface area contributed by atoms with Gasteiger partial charge in [0.15, 0.2) is 7.05 Å². The van der Waals surface area contributed by atoms with Gasteiger partial charge in [-0.1, -0.05) is 26.2 Å². The Bertz CT molecular complexity index is 315. The van der Waals surface area contributed by atoms with Crippen LogP contribution in [-0.4, -0.2) is 29.8 Å². The fourth-order valence-electron chi connectivity index (χ4n) is 1.94. The summed E-state index contributed by atoms with van der Waals surface area (Å²) in [5.41, 5.74) is 0. The van der Waals surface area contributed by atoms with E-state index in [1.165, 1.54) is 20.4 Å². The van der Waals surface area contributed by atoms with Gasteiger partial charge in [0.1, 0.15) is 17.3 Å². The third-order valence-corrected chi connectivity index (χ3v) is 3.10. The molecule has 0 spiro atoms. The molecule has 0 saturated heterocycles. The van der Waals surface area contributed by atoms with Crippen LogP contribution >= 0.6 is 0 Å². The topological polar surface area (TPSA) is 63.4 Å². The maximum Gasteiger partial charge on any atom is 0.617 e. The maximum atomic E-state index is 11.3. The Labute approximate surface area is 115 Å². The molecule has 0 aliphatic carbocycles. The van der Waals surface area contributed by atoms with Crippen molar-refractivity contribution >= 4 is 11.9 Å². The van der Waals surface area contributed by atoms with E-state index in [2.05, 4.69) is 6.92 Å². The predicted octanol–water partition coefficient (Wildman–Crippen LogP) is 2.66. The van der Waals surface area contributed by atoms with Crippen LogP contribution in [0.5, 0.6) is 0 Å². The molecule has 0 N–H and O–H groups in total. The van der Waals surface area contributed by atoms with Gasteiger partial charge < -0.3 is 4.74 Å². The van der Waals surface area contributed by atoms with E-state index in [0.717, 1.165) is 25.7 Å². The summed E-state index contributed by atoms with van der Waals surface area (Å²) < 4.78 is 5.48. The minimum absolute atomic E-state index is 0.0827. The molecule has 0 radical (unpaired) electrons. The highest BCUT2D eigenvalue weighted by atomic mass is 16.5. The summed E-state index contributed by atoms with van der Waals surface area (Å²) in [5.74, 6) is -0.782. The van der Waals surface area contributed by atoms with Gasteiger partial charge in [-0.15, -0.1) is 0 Å². The number of ether oxygens (including phenoxy) is 1. The second-order valence-corrected chi connectivity index (χ2v) is 4.85. The van der Waals surface area contributed by atoms with Crippen LogP contribution in [0.3, 0.4) is 0 Å². The van der Waals surface area contributed by atoms with Crippen molar-refractivity contribution in [3.05, 3.63) is 11.3 Å². The normalized spacial score (nSPS) is 13.5. The first-order chi connectivity index (χ1) is 8.88. The summed E-state index contributed by atoms with van der Waals surface area (Å²) in [6.07, 6.45) is 5.73. The van der Waals surface area contributed by atoms with Crippen molar-refractivity contribution in [2.75, 3.05) is 7.05 Å². The quantitative estimate of drug-likeness (QED) is 0.280. The average Bonchev–Trinajstić information content (AvgIpc) is 2.31. The fraction of sp³-hybridized carbons (Fsp3) is 0.786. The SMILES string of the molecule is CCCCCC(C[CH+]C(=O)[N+](C)=O)C(C)OC(C)=O. The molecule has 0 aliphatic rings. The third-order valence-electron chi connectivity index (χ3n) is 3.10. The van der Waals surface area contributed by atoms with E-state index in [1.807, 2.05) is 6.92 Å². The number of hydrogen-bond acceptors (Lipinski definition) is 4. The van der Waals surface area contributed by atoms with Crippen molar-refractivity contribution in [1.82, 2.24) is 0 Å². The maximum absolute atomic E-state index is 11.3. The Morgan fingerprint density at radius 2 is 1.95 bits per heavy atom. The number of unbranched alkanes of at least 4 members (excludes halogenated alkanes) is 2. The molecule has 2 unspecified atom stereocenters. The Balaban J connectivity index is 4.35. The standard InChI is InChI=1S/C14H25NO4/c1-5-6-7-8-13(11(2)19-12(3)16)9-10-14(17)15(4)18/h10-11,13H,5-9H2,1-4H3/q+2. The summed E-state index contributed by atoms with van der Waals surface area (Å²) in [7, 11) is 1.18. The molecule has 108 valence electrons. The zero-order chi connectivity index (χ0) is 14.8. The van der Waals surface area contributed by atoms with Gasteiger partial charge in [-0.25, -0.2) is 0 Å². The summed E-state index contributed by atoms with van der Waals surface area (Å²) in [6, 6.07) is 0. The lowest BCUT2D eigenvalue weighted by Gasteiger charge is -2.20. The molecule has 0 heterocycles. The molecule has 0 aromatic heterocycles. The minimum atomic E-state index is -0.546. The molecule has 5 heteroatoms. The van der Waals surface area contributed by atoms with Crippen molar-refractivity contribution in [2.24, 2.45) is 5.92 Å². The average molecular weight is 271 g/mol. The van der Waals surface area contributed by atoms with E-state index >= 15 is 0 Å². The number of esters is 1. The summed E-state index contributed by atoms with van der Waals surface area (Å²) in [6.45, 7) is 5.32. The van der Waals surface area contributed by atoms with Crippen LogP contribution < -0.4 is 0 Å². The van der Waals surface area contributed by atoms with E-state index in [4.69, 9.17) is 4.74 Å². The van der Waals surface area contributed by atoms with Crippen molar-refractivity contribution in [3.63, 3.8) is 0 Å². The van der Waals surface area contributed by atoms with Crippen LogP contribution in [0.4, 0.5) is 0 Å². The number of amides is 1. The van der Waals surface area contributed by atoms with Crippen LogP contribution in [0.15, 0.2) is 0 Å². The molecule has 5 nitrogen and oxygen atoms in total. The van der Waals surface area contributed by atoms with E-state index < -0.39 is 5.91 Å². The van der Waals surface area contributed by atoms with Crippen LogP contribution in [-0.2, 0) is 14.3 Å². The van der Waals surface area contributed by atoms with Crippen LogP contribution in [0.2, 0.25) is 0 Å². The highest BCUT2D eigenvalue weighted by Crippen LogP contribution is 2.21. The zero-order valence-corrected chi connectivity index (χ0v) is 12.3. The first kappa shape index (κ1) is 17.6. The van der Waals surface area contributed by atoms with E-state index in [-0.39, 0.29) is 18.0 Å². The number of hydrogen-bond donors (Lipinski definition) is 0. The smallest absolute Gasteiger partial charge is 0.462 e. The second-order valence-electron chi connectivity index (χ2n) is 4.85. The molecular weight excluding hydrogens is 246 g/mol. The van der Waals surface area contributed by atoms with Crippen LogP contribution in [0, 0.1) is 17.2 Å². The van der Waals surface area contributed by atoms with Crippen molar-refractivity contribution in [2.45, 2.75) is 59.0 Å². The summed E-state index contributed by atoms with van der Waals surface area (Å²) >= 11 is 0. The number of rotatable bonds is 9. The first-order valence-electron chi connectivity index (χ1n) is 6.83. The molecule has 19 heavy (non-hydrogen) atoms. The van der Waals surface area contributed by atoms with Gasteiger partial charge in [-0.05, 0) is 13.3 Å².